The fourth-order valence-electron chi connectivity index (χ4n) is 6.01. The summed E-state index contributed by atoms with van der Waals surface area (Å²) in [6, 6.07) is 49.1. The van der Waals surface area contributed by atoms with Gasteiger partial charge in [0.05, 0.1) is 22.4 Å². The molecule has 0 spiro atoms. The number of pyridine rings is 2. The zero-order valence-electron chi connectivity index (χ0n) is 22.3. The van der Waals surface area contributed by atoms with Gasteiger partial charge in [0.25, 0.3) is 0 Å². The average Bonchev–Trinajstić information content (AvgIpc) is 3.40. The van der Waals surface area contributed by atoms with Gasteiger partial charge in [0.1, 0.15) is 0 Å². The molecule has 0 atom stereocenters. The van der Waals surface area contributed by atoms with Gasteiger partial charge in [-0.05, 0) is 58.8 Å². The predicted molar refractivity (Wildman–Crippen MR) is 170 cm³/mol. The lowest BCUT2D eigenvalue weighted by Gasteiger charge is -2.13. The van der Waals surface area contributed by atoms with Crippen molar-refractivity contribution in [2.45, 2.75) is 0 Å². The van der Waals surface area contributed by atoms with Gasteiger partial charge in [-0.25, -0.2) is 0 Å². The van der Waals surface area contributed by atoms with Crippen LogP contribution in [0.25, 0.3) is 71.9 Å². The third-order valence-corrected chi connectivity index (χ3v) is 7.89. The Balaban J connectivity index is 1.40. The van der Waals surface area contributed by atoms with Crippen LogP contribution in [0.5, 0.6) is 0 Å². The van der Waals surface area contributed by atoms with Crippen molar-refractivity contribution < 1.29 is 0 Å². The summed E-state index contributed by atoms with van der Waals surface area (Å²) in [5.41, 5.74) is 9.85. The van der Waals surface area contributed by atoms with Gasteiger partial charge in [-0.3, -0.25) is 9.97 Å². The molecule has 3 aromatic heterocycles. The third-order valence-electron chi connectivity index (χ3n) is 7.89. The molecule has 0 aliphatic carbocycles. The number of hydrogen-bond acceptors (Lipinski definition) is 2. The Morgan fingerprint density at radius 1 is 0.439 bits per heavy atom. The molecule has 0 fully saturated rings. The first-order chi connectivity index (χ1) is 20.3. The first kappa shape index (κ1) is 23.4. The number of para-hydroxylation sites is 1. The fourth-order valence-corrected chi connectivity index (χ4v) is 6.01. The van der Waals surface area contributed by atoms with Gasteiger partial charge in [0, 0.05) is 45.5 Å². The van der Waals surface area contributed by atoms with E-state index in [1.165, 1.54) is 32.6 Å². The average molecular weight is 524 g/mol. The molecule has 8 rings (SSSR count). The molecule has 0 aliphatic rings. The molecule has 41 heavy (non-hydrogen) atoms. The normalized spacial score (nSPS) is 11.4. The quantitative estimate of drug-likeness (QED) is 0.230. The molecule has 192 valence electrons. The smallest absolute Gasteiger partial charge is 0.0709 e. The Morgan fingerprint density at radius 2 is 1.20 bits per heavy atom. The number of hydrogen-bond donors (Lipinski definition) is 0. The van der Waals surface area contributed by atoms with E-state index < -0.39 is 0 Å². The number of fused-ring (bicyclic) bond motifs is 5. The molecule has 0 unspecified atom stereocenters. The summed E-state index contributed by atoms with van der Waals surface area (Å²) in [5, 5.41) is 4.92. The number of benzene rings is 5. The second-order valence-corrected chi connectivity index (χ2v) is 10.3. The summed E-state index contributed by atoms with van der Waals surface area (Å²) in [4.78, 5) is 9.58. The van der Waals surface area contributed by atoms with Gasteiger partial charge in [0.15, 0.2) is 0 Å². The molecule has 0 amide bonds. The van der Waals surface area contributed by atoms with Crippen molar-refractivity contribution in [1.82, 2.24) is 14.5 Å². The third kappa shape index (κ3) is 3.90. The molecule has 0 radical (unpaired) electrons. The van der Waals surface area contributed by atoms with Crippen molar-refractivity contribution in [3.63, 3.8) is 0 Å². The lowest BCUT2D eigenvalue weighted by molar-refractivity contribution is 1.18. The van der Waals surface area contributed by atoms with Crippen LogP contribution in [0.1, 0.15) is 0 Å². The zero-order chi connectivity index (χ0) is 27.2. The Kier molecular flexibility index (Phi) is 5.46. The van der Waals surface area contributed by atoms with Crippen molar-refractivity contribution in [3.8, 4) is 39.3 Å². The predicted octanol–water partition coefficient (Wildman–Crippen LogP) is 9.73. The first-order valence-electron chi connectivity index (χ1n) is 13.8. The topological polar surface area (TPSA) is 30.7 Å². The van der Waals surface area contributed by atoms with Crippen molar-refractivity contribution >= 4 is 32.6 Å². The highest BCUT2D eigenvalue weighted by Crippen LogP contribution is 2.41. The largest absolute Gasteiger partial charge is 0.309 e. The van der Waals surface area contributed by atoms with Crippen LogP contribution in [-0.2, 0) is 0 Å². The molecule has 5 aromatic carbocycles. The minimum Gasteiger partial charge on any atom is -0.309 e. The Labute approximate surface area is 238 Å². The number of aromatic nitrogens is 3. The van der Waals surface area contributed by atoms with E-state index in [-0.39, 0.29) is 0 Å². The maximum atomic E-state index is 4.97. The van der Waals surface area contributed by atoms with Gasteiger partial charge in [-0.2, -0.15) is 0 Å². The molecule has 8 aromatic rings. The van der Waals surface area contributed by atoms with E-state index >= 15 is 0 Å². The lowest BCUT2D eigenvalue weighted by atomic mass is 9.96. The van der Waals surface area contributed by atoms with Gasteiger partial charge < -0.3 is 4.57 Å². The first-order valence-corrected chi connectivity index (χ1v) is 13.8. The van der Waals surface area contributed by atoms with Crippen molar-refractivity contribution in [1.29, 1.82) is 0 Å². The van der Waals surface area contributed by atoms with E-state index in [0.29, 0.717) is 0 Å². The van der Waals surface area contributed by atoms with Crippen molar-refractivity contribution in [2.75, 3.05) is 0 Å². The van der Waals surface area contributed by atoms with Crippen LogP contribution < -0.4 is 0 Å². The summed E-state index contributed by atoms with van der Waals surface area (Å²) < 4.78 is 2.38. The van der Waals surface area contributed by atoms with Gasteiger partial charge in [-0.15, -0.1) is 0 Å². The summed E-state index contributed by atoms with van der Waals surface area (Å²) in [7, 11) is 0. The number of rotatable bonds is 4. The van der Waals surface area contributed by atoms with E-state index in [9.17, 15) is 0 Å². The molecule has 0 N–H and O–H groups in total. The van der Waals surface area contributed by atoms with Gasteiger partial charge in [-0.1, -0.05) is 97.1 Å². The second kappa shape index (κ2) is 9.58. The summed E-state index contributed by atoms with van der Waals surface area (Å²) in [6.07, 6.45) is 3.83. The summed E-state index contributed by atoms with van der Waals surface area (Å²) >= 11 is 0. The van der Waals surface area contributed by atoms with Crippen LogP contribution in [-0.4, -0.2) is 14.5 Å². The molecule has 0 saturated heterocycles. The summed E-state index contributed by atoms with van der Waals surface area (Å²) in [6.45, 7) is 0. The molecule has 0 saturated carbocycles. The molecular weight excluding hydrogens is 498 g/mol. The van der Waals surface area contributed by atoms with Crippen LogP contribution in [0.2, 0.25) is 0 Å². The van der Waals surface area contributed by atoms with Crippen LogP contribution >= 0.6 is 0 Å². The number of nitrogens with zero attached hydrogens (tertiary/aromatic N) is 3. The van der Waals surface area contributed by atoms with Crippen molar-refractivity contribution in [3.05, 3.63) is 152 Å². The van der Waals surface area contributed by atoms with Gasteiger partial charge >= 0.3 is 0 Å². The van der Waals surface area contributed by atoms with Crippen molar-refractivity contribution in [2.24, 2.45) is 0 Å². The minimum absolute atomic E-state index is 0.960. The maximum absolute atomic E-state index is 4.97. The highest BCUT2D eigenvalue weighted by atomic mass is 15.0. The van der Waals surface area contributed by atoms with Crippen LogP contribution in [0, 0.1) is 0 Å². The Bertz CT molecular complexity index is 2180. The van der Waals surface area contributed by atoms with E-state index in [0.717, 1.165) is 39.3 Å². The minimum atomic E-state index is 0.960. The molecule has 3 nitrogen and oxygen atoms in total. The van der Waals surface area contributed by atoms with Crippen LogP contribution in [0.3, 0.4) is 0 Å². The van der Waals surface area contributed by atoms with E-state index in [2.05, 4.69) is 131 Å². The van der Waals surface area contributed by atoms with Crippen LogP contribution in [0.4, 0.5) is 0 Å². The lowest BCUT2D eigenvalue weighted by Crippen LogP contribution is -1.96. The molecule has 0 aliphatic heterocycles. The van der Waals surface area contributed by atoms with E-state index in [4.69, 9.17) is 4.98 Å². The molecule has 3 heteroatoms. The molecular formula is C38H25N3. The van der Waals surface area contributed by atoms with Gasteiger partial charge in [0.2, 0.25) is 0 Å². The summed E-state index contributed by atoms with van der Waals surface area (Å²) in [5.74, 6) is 0. The standard InChI is InChI=1S/C38H25N3/c1-2-11-26(12-3-1)28-20-21-35(40-25-28)33-24-37-38(31-16-5-4-15-30(31)33)32-17-6-7-19-36(32)41(37)29-14-10-13-27(23-29)34-18-8-9-22-39-34/h1-25H. The second-order valence-electron chi connectivity index (χ2n) is 10.3. The molecule has 3 heterocycles. The molecule has 0 bridgehead atoms. The van der Waals surface area contributed by atoms with E-state index in [1.807, 2.05) is 30.6 Å². The monoisotopic (exact) mass is 523 g/mol. The highest BCUT2D eigenvalue weighted by molar-refractivity contribution is 6.24. The Hall–Kier alpha value is -5.54. The maximum Gasteiger partial charge on any atom is 0.0709 e. The fraction of sp³-hybridized carbons (Fsp3) is 0. The highest BCUT2D eigenvalue weighted by Gasteiger charge is 2.18. The SMILES string of the molecule is c1ccc(-c2ccc(-c3cc4c(c5ccccc35)c3ccccc3n4-c3cccc(-c4ccccn4)c3)nc2)cc1. The zero-order valence-corrected chi connectivity index (χ0v) is 22.3. The Morgan fingerprint density at radius 3 is 2.00 bits per heavy atom. The van der Waals surface area contributed by atoms with Crippen LogP contribution in [0.15, 0.2) is 152 Å². The van der Waals surface area contributed by atoms with E-state index in [1.54, 1.807) is 0 Å².